The highest BCUT2D eigenvalue weighted by molar-refractivity contribution is 6.54. The molecule has 16 heavy (non-hydrogen) atoms. The van der Waals surface area contributed by atoms with E-state index < -0.39 is 23.0 Å². The van der Waals surface area contributed by atoms with Crippen LogP contribution in [0.2, 0.25) is 0 Å². The van der Waals surface area contributed by atoms with E-state index in [9.17, 15) is 9.59 Å². The quantitative estimate of drug-likeness (QED) is 0.422. The van der Waals surface area contributed by atoms with Crippen molar-refractivity contribution in [2.24, 2.45) is 0 Å². The Morgan fingerprint density at radius 1 is 1.19 bits per heavy atom. The first-order chi connectivity index (χ1) is 7.54. The second kappa shape index (κ2) is 8.10. The van der Waals surface area contributed by atoms with Gasteiger partial charge in [-0.1, -0.05) is 13.8 Å². The molecule has 0 saturated carbocycles. The molecule has 6 heteroatoms. The SMILES string of the molecule is CCCOC(=O)C(=N)C(Cl)C(=O)OCCC. The number of alkyl halides is 1. The molecular formula is C10H16ClNO4. The summed E-state index contributed by atoms with van der Waals surface area (Å²) in [6, 6.07) is 0. The van der Waals surface area contributed by atoms with Crippen molar-refractivity contribution in [3.05, 3.63) is 0 Å². The Kier molecular flexibility index (Phi) is 7.54. The van der Waals surface area contributed by atoms with Crippen LogP contribution in [0.5, 0.6) is 0 Å². The van der Waals surface area contributed by atoms with Gasteiger partial charge in [-0.25, -0.2) is 4.79 Å². The highest BCUT2D eigenvalue weighted by Crippen LogP contribution is 2.04. The van der Waals surface area contributed by atoms with Gasteiger partial charge in [-0.3, -0.25) is 10.2 Å². The molecule has 0 saturated heterocycles. The molecule has 0 aliphatic heterocycles. The molecule has 92 valence electrons. The van der Waals surface area contributed by atoms with Crippen LogP contribution in [-0.4, -0.2) is 36.2 Å². The minimum absolute atomic E-state index is 0.203. The van der Waals surface area contributed by atoms with Crippen molar-refractivity contribution in [1.29, 1.82) is 5.41 Å². The Morgan fingerprint density at radius 2 is 1.69 bits per heavy atom. The van der Waals surface area contributed by atoms with E-state index in [2.05, 4.69) is 4.74 Å². The third-order valence-electron chi connectivity index (χ3n) is 1.57. The molecule has 0 aliphatic carbocycles. The Bertz CT molecular complexity index is 268. The maximum Gasteiger partial charge on any atom is 0.354 e. The van der Waals surface area contributed by atoms with Gasteiger partial charge in [0.1, 0.15) is 5.71 Å². The van der Waals surface area contributed by atoms with Gasteiger partial charge in [0.2, 0.25) is 0 Å². The van der Waals surface area contributed by atoms with Crippen LogP contribution in [0.25, 0.3) is 0 Å². The van der Waals surface area contributed by atoms with Crippen molar-refractivity contribution in [3.63, 3.8) is 0 Å². The average molecular weight is 250 g/mol. The molecule has 0 fully saturated rings. The van der Waals surface area contributed by atoms with Gasteiger partial charge in [0, 0.05) is 0 Å². The summed E-state index contributed by atoms with van der Waals surface area (Å²) in [5.74, 6) is -1.67. The maximum atomic E-state index is 11.2. The molecule has 0 aliphatic rings. The predicted octanol–water partition coefficient (Wildman–Crippen LogP) is 1.52. The fraction of sp³-hybridized carbons (Fsp3) is 0.700. The zero-order chi connectivity index (χ0) is 12.6. The summed E-state index contributed by atoms with van der Waals surface area (Å²) in [5, 5.41) is 5.95. The van der Waals surface area contributed by atoms with Crippen molar-refractivity contribution in [2.75, 3.05) is 13.2 Å². The topological polar surface area (TPSA) is 76.5 Å². The van der Waals surface area contributed by atoms with Gasteiger partial charge in [-0.15, -0.1) is 11.6 Å². The van der Waals surface area contributed by atoms with E-state index in [1.807, 2.05) is 13.8 Å². The number of rotatable bonds is 7. The number of ether oxygens (including phenoxy) is 2. The van der Waals surface area contributed by atoms with Crippen LogP contribution in [0.1, 0.15) is 26.7 Å². The maximum absolute atomic E-state index is 11.2. The summed E-state index contributed by atoms with van der Waals surface area (Å²) in [4.78, 5) is 22.4. The second-order valence-electron chi connectivity index (χ2n) is 3.08. The first-order valence-electron chi connectivity index (χ1n) is 5.10. The van der Waals surface area contributed by atoms with Crippen molar-refractivity contribution in [2.45, 2.75) is 32.1 Å². The molecule has 0 spiro atoms. The van der Waals surface area contributed by atoms with Crippen LogP contribution in [0.3, 0.4) is 0 Å². The minimum atomic E-state index is -1.39. The molecule has 0 rings (SSSR count). The highest BCUT2D eigenvalue weighted by atomic mass is 35.5. The predicted molar refractivity (Wildman–Crippen MR) is 59.9 cm³/mol. The molecule has 0 aromatic heterocycles. The summed E-state index contributed by atoms with van der Waals surface area (Å²) in [6.45, 7) is 4.08. The number of esters is 2. The lowest BCUT2D eigenvalue weighted by atomic mass is 10.2. The molecule has 0 radical (unpaired) electrons. The van der Waals surface area contributed by atoms with Gasteiger partial charge in [-0.05, 0) is 12.8 Å². The third-order valence-corrected chi connectivity index (χ3v) is 1.96. The van der Waals surface area contributed by atoms with Gasteiger partial charge < -0.3 is 9.47 Å². The van der Waals surface area contributed by atoms with Crippen molar-refractivity contribution >= 4 is 29.3 Å². The minimum Gasteiger partial charge on any atom is -0.464 e. The number of nitrogens with one attached hydrogen (secondary N) is 1. The van der Waals surface area contributed by atoms with Crippen LogP contribution in [-0.2, 0) is 19.1 Å². The Hall–Kier alpha value is -1.10. The van der Waals surface area contributed by atoms with Crippen LogP contribution in [0.15, 0.2) is 0 Å². The molecule has 0 amide bonds. The van der Waals surface area contributed by atoms with Crippen molar-refractivity contribution in [3.8, 4) is 0 Å². The third kappa shape index (κ3) is 5.11. The Labute approximate surface area is 99.6 Å². The highest BCUT2D eigenvalue weighted by Gasteiger charge is 2.28. The Balaban J connectivity index is 4.15. The molecular weight excluding hydrogens is 234 g/mol. The summed E-state index contributed by atoms with van der Waals surface area (Å²) in [5.41, 5.74) is -0.587. The second-order valence-corrected chi connectivity index (χ2v) is 3.52. The van der Waals surface area contributed by atoms with Crippen LogP contribution in [0.4, 0.5) is 0 Å². The zero-order valence-corrected chi connectivity index (χ0v) is 10.2. The monoisotopic (exact) mass is 249 g/mol. The van der Waals surface area contributed by atoms with E-state index in [0.717, 1.165) is 0 Å². The van der Waals surface area contributed by atoms with Crippen LogP contribution < -0.4 is 0 Å². The smallest absolute Gasteiger partial charge is 0.354 e. The number of carbonyl (C=O) groups is 2. The van der Waals surface area contributed by atoms with E-state index in [4.69, 9.17) is 21.7 Å². The molecule has 0 heterocycles. The first-order valence-corrected chi connectivity index (χ1v) is 5.54. The molecule has 1 unspecified atom stereocenters. The standard InChI is InChI=1S/C10H16ClNO4/c1-3-5-15-9(13)7(11)8(12)10(14)16-6-4-2/h7,12H,3-6H2,1-2H3. The first kappa shape index (κ1) is 14.9. The van der Waals surface area contributed by atoms with E-state index in [0.29, 0.717) is 12.8 Å². The van der Waals surface area contributed by atoms with Gasteiger partial charge >= 0.3 is 11.9 Å². The summed E-state index contributed by atoms with van der Waals surface area (Å²) in [6.07, 6.45) is 1.30. The largest absolute Gasteiger partial charge is 0.464 e. The Morgan fingerprint density at radius 3 is 2.19 bits per heavy atom. The van der Waals surface area contributed by atoms with Gasteiger partial charge in [0.05, 0.1) is 13.2 Å². The van der Waals surface area contributed by atoms with Gasteiger partial charge in [-0.2, -0.15) is 0 Å². The lowest BCUT2D eigenvalue weighted by Gasteiger charge is -2.10. The van der Waals surface area contributed by atoms with Crippen molar-refractivity contribution in [1.82, 2.24) is 0 Å². The molecule has 0 aromatic carbocycles. The lowest BCUT2D eigenvalue weighted by Crippen LogP contribution is -2.33. The summed E-state index contributed by atoms with van der Waals surface area (Å²) in [7, 11) is 0. The fourth-order valence-corrected chi connectivity index (χ4v) is 0.922. The van der Waals surface area contributed by atoms with E-state index in [-0.39, 0.29) is 13.2 Å². The average Bonchev–Trinajstić information content (AvgIpc) is 2.30. The molecule has 0 aromatic rings. The zero-order valence-electron chi connectivity index (χ0n) is 9.42. The molecule has 5 nitrogen and oxygen atoms in total. The molecule has 0 bridgehead atoms. The number of hydrogen-bond acceptors (Lipinski definition) is 5. The van der Waals surface area contributed by atoms with Crippen molar-refractivity contribution < 1.29 is 19.1 Å². The van der Waals surface area contributed by atoms with Crippen LogP contribution in [0, 0.1) is 5.41 Å². The van der Waals surface area contributed by atoms with E-state index in [1.165, 1.54) is 0 Å². The van der Waals surface area contributed by atoms with Gasteiger partial charge in [0.15, 0.2) is 5.38 Å². The lowest BCUT2D eigenvalue weighted by molar-refractivity contribution is -0.143. The number of carbonyl (C=O) groups excluding carboxylic acids is 2. The number of halogens is 1. The van der Waals surface area contributed by atoms with E-state index in [1.54, 1.807) is 0 Å². The normalized spacial score (nSPS) is 11.7. The van der Waals surface area contributed by atoms with Gasteiger partial charge in [0.25, 0.3) is 0 Å². The fourth-order valence-electron chi connectivity index (χ4n) is 0.770. The van der Waals surface area contributed by atoms with Crippen LogP contribution >= 0.6 is 11.6 Å². The van der Waals surface area contributed by atoms with E-state index >= 15 is 0 Å². The summed E-state index contributed by atoms with van der Waals surface area (Å²) < 4.78 is 9.38. The number of hydrogen-bond donors (Lipinski definition) is 1. The molecule has 1 N–H and O–H groups in total. The molecule has 1 atom stereocenters. The summed E-state index contributed by atoms with van der Waals surface area (Å²) >= 11 is 5.59.